The van der Waals surface area contributed by atoms with Crippen LogP contribution >= 0.6 is 0 Å². The van der Waals surface area contributed by atoms with E-state index >= 15 is 0 Å². The van der Waals surface area contributed by atoms with Crippen molar-refractivity contribution in [3.05, 3.63) is 95.6 Å². The quantitative estimate of drug-likeness (QED) is 0.336. The molecule has 2 aliphatic heterocycles. The van der Waals surface area contributed by atoms with Crippen LogP contribution in [0.15, 0.2) is 78.1 Å². The zero-order valence-electron chi connectivity index (χ0n) is 21.8. The number of halogens is 1. The van der Waals surface area contributed by atoms with Crippen LogP contribution in [0.4, 0.5) is 4.39 Å². The van der Waals surface area contributed by atoms with Crippen molar-refractivity contribution in [2.24, 2.45) is 13.0 Å². The number of benzene rings is 3. The van der Waals surface area contributed by atoms with Crippen LogP contribution in [0.2, 0.25) is 0 Å². The van der Waals surface area contributed by atoms with E-state index in [1.807, 2.05) is 24.4 Å². The highest BCUT2D eigenvalue weighted by Gasteiger charge is 2.84. The Morgan fingerprint density at radius 3 is 2.48 bits per heavy atom. The number of ether oxygens (including phenoxy) is 1. The number of nitrogens with zero attached hydrogens (tertiary/aromatic N) is 6. The van der Waals surface area contributed by atoms with Crippen molar-refractivity contribution in [1.82, 2.24) is 29.1 Å². The summed E-state index contributed by atoms with van der Waals surface area (Å²) in [5, 5.41) is 13.6. The third-order valence-corrected chi connectivity index (χ3v) is 10.8. The summed E-state index contributed by atoms with van der Waals surface area (Å²) in [6, 6.07) is 18.5. The molecule has 1 saturated heterocycles. The minimum atomic E-state index is -3.86. The number of para-hydroxylation sites is 1. The van der Waals surface area contributed by atoms with Crippen molar-refractivity contribution < 1.29 is 17.5 Å². The van der Waals surface area contributed by atoms with Crippen molar-refractivity contribution in [1.29, 1.82) is 0 Å². The topological polar surface area (TPSA) is 95.1 Å². The smallest absolute Gasteiger partial charge is 0.264 e. The Bertz CT molecular complexity index is 1950. The Balaban J connectivity index is 1.30. The molecule has 9 nitrogen and oxygen atoms in total. The molecule has 0 N–H and O–H groups in total. The normalized spacial score (nSPS) is 25.3. The first-order valence-electron chi connectivity index (χ1n) is 13.1. The Labute approximate surface area is 229 Å². The zero-order chi connectivity index (χ0) is 27.4. The van der Waals surface area contributed by atoms with E-state index in [4.69, 9.17) is 4.74 Å². The average molecular weight is 557 g/mol. The molecule has 5 aromatic rings. The molecule has 2 fully saturated rings. The maximum Gasteiger partial charge on any atom is 0.264 e. The number of rotatable bonds is 4. The second-order valence-electron chi connectivity index (χ2n) is 11.0. The largest absolute Gasteiger partial charge is 0.493 e. The van der Waals surface area contributed by atoms with Crippen molar-refractivity contribution >= 4 is 20.9 Å². The molecule has 2 aromatic heterocycles. The van der Waals surface area contributed by atoms with E-state index in [2.05, 4.69) is 40.4 Å². The van der Waals surface area contributed by atoms with E-state index < -0.39 is 20.9 Å². The van der Waals surface area contributed by atoms with Gasteiger partial charge in [0, 0.05) is 47.8 Å². The van der Waals surface area contributed by atoms with Gasteiger partial charge in [-0.25, -0.2) is 17.5 Å². The fraction of sp³-hybridized carbons (Fsp3) is 0.276. The van der Waals surface area contributed by atoms with Crippen molar-refractivity contribution in [2.75, 3.05) is 19.7 Å². The predicted octanol–water partition coefficient (Wildman–Crippen LogP) is 3.50. The SMILES string of the molecule is Cc1cc2c(cnn2-c2ccc(F)cc2)cc1[C@@]12CN(S(=O)(=O)c3cnn(C)n3)C[C@@]13c1ccccc1OC[C@H]32. The molecule has 3 aliphatic rings. The highest BCUT2D eigenvalue weighted by atomic mass is 32.2. The van der Waals surface area contributed by atoms with Gasteiger partial charge in [-0.1, -0.05) is 18.2 Å². The minimum absolute atomic E-state index is 0.0486. The first-order valence-corrected chi connectivity index (χ1v) is 14.5. The fourth-order valence-electron chi connectivity index (χ4n) is 7.44. The predicted molar refractivity (Wildman–Crippen MR) is 144 cm³/mol. The summed E-state index contributed by atoms with van der Waals surface area (Å²) < 4.78 is 50.7. The molecule has 1 spiro atoms. The second-order valence-corrected chi connectivity index (χ2v) is 12.9. The van der Waals surface area contributed by atoms with Gasteiger partial charge in [0.25, 0.3) is 10.0 Å². The van der Waals surface area contributed by atoms with E-state index in [0.29, 0.717) is 19.7 Å². The monoisotopic (exact) mass is 556 g/mol. The molecule has 0 radical (unpaired) electrons. The molecule has 4 heterocycles. The Kier molecular flexibility index (Phi) is 4.61. The van der Waals surface area contributed by atoms with Crippen LogP contribution in [0.5, 0.6) is 5.75 Å². The summed E-state index contributed by atoms with van der Waals surface area (Å²) in [6.45, 7) is 3.23. The lowest BCUT2D eigenvalue weighted by atomic mass is 9.81. The lowest BCUT2D eigenvalue weighted by molar-refractivity contribution is 0.234. The highest BCUT2D eigenvalue weighted by molar-refractivity contribution is 7.89. The fourth-order valence-corrected chi connectivity index (χ4v) is 8.86. The summed E-state index contributed by atoms with van der Waals surface area (Å²) in [5.41, 5.74) is 3.95. The molecular weight excluding hydrogens is 531 g/mol. The number of hydrogen-bond acceptors (Lipinski definition) is 6. The number of aryl methyl sites for hydroxylation is 2. The number of hydrogen-bond donors (Lipinski definition) is 0. The van der Waals surface area contributed by atoms with Gasteiger partial charge in [-0.2, -0.15) is 19.3 Å². The molecule has 202 valence electrons. The summed E-state index contributed by atoms with van der Waals surface area (Å²) in [7, 11) is -2.26. The van der Waals surface area contributed by atoms with E-state index in [1.54, 1.807) is 28.2 Å². The van der Waals surface area contributed by atoms with Crippen molar-refractivity contribution in [3.63, 3.8) is 0 Å². The van der Waals surface area contributed by atoms with Crippen LogP contribution in [-0.4, -0.2) is 57.2 Å². The van der Waals surface area contributed by atoms with Gasteiger partial charge in [-0.05, 0) is 60.5 Å². The van der Waals surface area contributed by atoms with Crippen LogP contribution in [0.1, 0.15) is 16.7 Å². The molecular formula is C29H25FN6O3S. The Morgan fingerprint density at radius 2 is 1.73 bits per heavy atom. The first kappa shape index (κ1) is 23.8. The van der Waals surface area contributed by atoms with E-state index in [0.717, 1.165) is 39.0 Å². The molecule has 1 saturated carbocycles. The van der Waals surface area contributed by atoms with Crippen LogP contribution in [0, 0.1) is 18.7 Å². The van der Waals surface area contributed by atoms with Crippen molar-refractivity contribution in [2.45, 2.75) is 22.8 Å². The van der Waals surface area contributed by atoms with Gasteiger partial charge in [0.15, 0.2) is 0 Å². The molecule has 0 unspecified atom stereocenters. The maximum atomic E-state index is 13.8. The molecule has 11 heteroatoms. The van der Waals surface area contributed by atoms with Gasteiger partial charge >= 0.3 is 0 Å². The third kappa shape index (κ3) is 2.88. The third-order valence-electron chi connectivity index (χ3n) is 9.18. The number of sulfonamides is 1. The van der Waals surface area contributed by atoms with E-state index in [-0.39, 0.29) is 16.8 Å². The van der Waals surface area contributed by atoms with Gasteiger partial charge < -0.3 is 4.74 Å². The molecule has 0 amide bonds. The van der Waals surface area contributed by atoms with E-state index in [1.165, 1.54) is 23.1 Å². The Hall–Kier alpha value is -4.09. The molecule has 40 heavy (non-hydrogen) atoms. The lowest BCUT2D eigenvalue weighted by Crippen LogP contribution is -2.38. The van der Waals surface area contributed by atoms with Gasteiger partial charge in [0.2, 0.25) is 5.03 Å². The second kappa shape index (κ2) is 7.76. The number of fused-ring (bicyclic) bond motifs is 3. The number of aromatic nitrogens is 5. The molecule has 8 rings (SSSR count). The van der Waals surface area contributed by atoms with E-state index in [9.17, 15) is 12.8 Å². The van der Waals surface area contributed by atoms with Crippen LogP contribution in [0.3, 0.4) is 0 Å². The lowest BCUT2D eigenvalue weighted by Gasteiger charge is -2.28. The first-order chi connectivity index (χ1) is 19.3. The van der Waals surface area contributed by atoms with Gasteiger partial charge in [0.1, 0.15) is 11.6 Å². The zero-order valence-corrected chi connectivity index (χ0v) is 22.6. The Morgan fingerprint density at radius 1 is 0.975 bits per heavy atom. The molecule has 1 aliphatic carbocycles. The molecule has 3 atom stereocenters. The van der Waals surface area contributed by atoms with Gasteiger partial charge in [-0.15, -0.1) is 5.10 Å². The average Bonchev–Trinajstić information content (AvgIpc) is 3.40. The molecule has 0 bridgehead atoms. The molecule has 3 aromatic carbocycles. The summed E-state index contributed by atoms with van der Waals surface area (Å²) in [5.74, 6) is 0.623. The standard InChI is InChI=1S/C29H25FN6O3S/c1-18-11-24-19(13-32-36(24)21-9-7-20(30)8-10-21)12-23(18)29-17-35(40(37,38)27-14-31-34(2)33-27)16-28(29)22-5-3-4-6-25(22)39-15-26(28)29/h3-14,26H,15-17H2,1-2H3/t26-,28+,29-/m1/s1. The summed E-state index contributed by atoms with van der Waals surface area (Å²) in [6.07, 6.45) is 3.12. The maximum absolute atomic E-state index is 13.8. The minimum Gasteiger partial charge on any atom is -0.493 e. The summed E-state index contributed by atoms with van der Waals surface area (Å²) >= 11 is 0. The van der Waals surface area contributed by atoms with Gasteiger partial charge in [0.05, 0.1) is 30.2 Å². The van der Waals surface area contributed by atoms with Crippen LogP contribution < -0.4 is 4.74 Å². The summed E-state index contributed by atoms with van der Waals surface area (Å²) in [4.78, 5) is 1.27. The number of piperidine rings is 1. The van der Waals surface area contributed by atoms with Crippen molar-refractivity contribution in [3.8, 4) is 11.4 Å². The highest BCUT2D eigenvalue weighted by Crippen LogP contribution is 2.77. The van der Waals surface area contributed by atoms with Crippen LogP contribution in [-0.2, 0) is 27.9 Å². The van der Waals surface area contributed by atoms with Gasteiger partial charge in [-0.3, -0.25) is 0 Å². The van der Waals surface area contributed by atoms with Crippen LogP contribution in [0.25, 0.3) is 16.6 Å².